The van der Waals surface area contributed by atoms with Crippen LogP contribution in [-0.4, -0.2) is 37.2 Å². The molecule has 2 aliphatic rings. The zero-order valence-electron chi connectivity index (χ0n) is 8.50. The highest BCUT2D eigenvalue weighted by Crippen LogP contribution is 2.14. The van der Waals surface area contributed by atoms with Gasteiger partial charge in [-0.15, -0.1) is 0 Å². The van der Waals surface area contributed by atoms with Gasteiger partial charge in [-0.1, -0.05) is 11.8 Å². The molecule has 0 radical (unpaired) electrons. The number of aliphatic imine (C=N–C) groups is 1. The van der Waals surface area contributed by atoms with Crippen molar-refractivity contribution in [1.29, 1.82) is 0 Å². The summed E-state index contributed by atoms with van der Waals surface area (Å²) in [4.78, 5) is 4.44. The summed E-state index contributed by atoms with van der Waals surface area (Å²) in [5.41, 5.74) is 0. The van der Waals surface area contributed by atoms with Gasteiger partial charge in [-0.25, -0.2) is 0 Å². The van der Waals surface area contributed by atoms with E-state index in [1.54, 1.807) is 0 Å². The van der Waals surface area contributed by atoms with Crippen LogP contribution >= 0.6 is 11.8 Å². The molecule has 3 nitrogen and oxygen atoms in total. The normalized spacial score (nSPS) is 28.3. The summed E-state index contributed by atoms with van der Waals surface area (Å²) >= 11 is 1.85. The van der Waals surface area contributed by atoms with Crippen molar-refractivity contribution in [1.82, 2.24) is 5.32 Å². The summed E-state index contributed by atoms with van der Waals surface area (Å²) in [7, 11) is 0. The molecule has 2 aliphatic heterocycles. The Morgan fingerprint density at radius 1 is 1.50 bits per heavy atom. The molecule has 2 heterocycles. The Labute approximate surface area is 89.7 Å². The lowest BCUT2D eigenvalue weighted by atomic mass is 10.0. The van der Waals surface area contributed by atoms with Crippen LogP contribution < -0.4 is 5.32 Å². The van der Waals surface area contributed by atoms with Gasteiger partial charge in [-0.3, -0.25) is 4.99 Å². The molecule has 1 fully saturated rings. The molecule has 1 saturated heterocycles. The standard InChI is InChI=1S/C10H18N2OS/c1-3-9(8-13-5-1)7-12-10-11-4-2-6-14-10/h9H,1-8H2,(H,11,12). The highest BCUT2D eigenvalue weighted by molar-refractivity contribution is 8.13. The van der Waals surface area contributed by atoms with Gasteiger partial charge in [0.05, 0.1) is 6.61 Å². The lowest BCUT2D eigenvalue weighted by Gasteiger charge is -2.23. The Kier molecular flexibility index (Phi) is 4.13. The van der Waals surface area contributed by atoms with E-state index in [0.717, 1.165) is 31.5 Å². The highest BCUT2D eigenvalue weighted by atomic mass is 32.2. The molecule has 0 saturated carbocycles. The zero-order valence-corrected chi connectivity index (χ0v) is 9.31. The molecule has 0 amide bonds. The first-order chi connectivity index (χ1) is 6.95. The maximum Gasteiger partial charge on any atom is 0.156 e. The molecular weight excluding hydrogens is 196 g/mol. The predicted molar refractivity (Wildman–Crippen MR) is 60.9 cm³/mol. The Balaban J connectivity index is 1.67. The molecule has 0 aliphatic carbocycles. The van der Waals surface area contributed by atoms with Crippen molar-refractivity contribution in [3.8, 4) is 0 Å². The van der Waals surface area contributed by atoms with Crippen molar-refractivity contribution in [3.05, 3.63) is 0 Å². The predicted octanol–water partition coefficient (Wildman–Crippen LogP) is 1.50. The fourth-order valence-electron chi connectivity index (χ4n) is 1.77. The molecule has 1 unspecified atom stereocenters. The molecule has 0 spiro atoms. The highest BCUT2D eigenvalue weighted by Gasteiger charge is 2.14. The molecule has 0 aromatic rings. The topological polar surface area (TPSA) is 33.6 Å². The van der Waals surface area contributed by atoms with Crippen LogP contribution in [0, 0.1) is 5.92 Å². The van der Waals surface area contributed by atoms with Gasteiger partial charge in [-0.2, -0.15) is 0 Å². The average molecular weight is 214 g/mol. The zero-order chi connectivity index (χ0) is 9.64. The minimum absolute atomic E-state index is 0.689. The maximum atomic E-state index is 5.44. The number of nitrogens with zero attached hydrogens (tertiary/aromatic N) is 1. The number of hydrogen-bond donors (Lipinski definition) is 1. The Morgan fingerprint density at radius 2 is 2.50 bits per heavy atom. The van der Waals surface area contributed by atoms with Crippen LogP contribution in [0.15, 0.2) is 4.99 Å². The summed E-state index contributed by atoms with van der Waals surface area (Å²) in [6.45, 7) is 3.90. The monoisotopic (exact) mass is 214 g/mol. The number of hydrogen-bond acceptors (Lipinski definition) is 4. The van der Waals surface area contributed by atoms with Crippen LogP contribution in [0.2, 0.25) is 0 Å². The molecular formula is C10H18N2OS. The molecule has 0 aromatic heterocycles. The fourth-order valence-corrected chi connectivity index (χ4v) is 2.60. The number of amidine groups is 1. The van der Waals surface area contributed by atoms with Crippen LogP contribution in [0.5, 0.6) is 0 Å². The fraction of sp³-hybridized carbons (Fsp3) is 0.900. The second kappa shape index (κ2) is 5.61. The van der Waals surface area contributed by atoms with Gasteiger partial charge in [0.15, 0.2) is 5.17 Å². The first-order valence-electron chi connectivity index (χ1n) is 5.44. The van der Waals surface area contributed by atoms with Crippen LogP contribution in [0.4, 0.5) is 0 Å². The van der Waals surface area contributed by atoms with E-state index in [9.17, 15) is 0 Å². The molecule has 1 atom stereocenters. The second-order valence-electron chi connectivity index (χ2n) is 3.85. The molecule has 80 valence electrons. The quantitative estimate of drug-likeness (QED) is 0.756. The third kappa shape index (κ3) is 3.17. The van der Waals surface area contributed by atoms with E-state index in [1.807, 2.05) is 11.8 Å². The van der Waals surface area contributed by atoms with Crippen LogP contribution in [0.1, 0.15) is 19.3 Å². The van der Waals surface area contributed by atoms with Gasteiger partial charge in [0.1, 0.15) is 0 Å². The van der Waals surface area contributed by atoms with Crippen molar-refractivity contribution in [2.75, 3.05) is 32.1 Å². The van der Waals surface area contributed by atoms with E-state index in [-0.39, 0.29) is 0 Å². The molecule has 0 aromatic carbocycles. The average Bonchev–Trinajstić information content (AvgIpc) is 2.29. The second-order valence-corrected chi connectivity index (χ2v) is 4.94. The summed E-state index contributed by atoms with van der Waals surface area (Å²) in [6, 6.07) is 0. The Bertz CT molecular complexity index is 202. The largest absolute Gasteiger partial charge is 0.381 e. The lowest BCUT2D eigenvalue weighted by Crippen LogP contribution is -2.33. The first kappa shape index (κ1) is 10.3. The summed E-state index contributed by atoms with van der Waals surface area (Å²) in [5, 5.41) is 4.56. The van der Waals surface area contributed by atoms with Crippen LogP contribution in [0.25, 0.3) is 0 Å². The SMILES string of the molecule is C1CN=C(NCC2CCCOC2)SC1. The van der Waals surface area contributed by atoms with Gasteiger partial charge in [0, 0.05) is 25.4 Å². The van der Waals surface area contributed by atoms with Gasteiger partial charge < -0.3 is 10.1 Å². The van der Waals surface area contributed by atoms with E-state index < -0.39 is 0 Å². The van der Waals surface area contributed by atoms with Crippen molar-refractivity contribution in [3.63, 3.8) is 0 Å². The van der Waals surface area contributed by atoms with Gasteiger partial charge in [0.2, 0.25) is 0 Å². The third-order valence-electron chi connectivity index (χ3n) is 2.59. The van der Waals surface area contributed by atoms with Gasteiger partial charge in [-0.05, 0) is 25.2 Å². The lowest BCUT2D eigenvalue weighted by molar-refractivity contribution is 0.0565. The summed E-state index contributed by atoms with van der Waals surface area (Å²) < 4.78 is 5.44. The van der Waals surface area contributed by atoms with E-state index in [0.29, 0.717) is 5.92 Å². The van der Waals surface area contributed by atoms with Crippen LogP contribution in [-0.2, 0) is 4.74 Å². The minimum Gasteiger partial charge on any atom is -0.381 e. The summed E-state index contributed by atoms with van der Waals surface area (Å²) in [6.07, 6.45) is 3.74. The number of ether oxygens (including phenoxy) is 1. The molecule has 2 rings (SSSR count). The van der Waals surface area contributed by atoms with Gasteiger partial charge in [0.25, 0.3) is 0 Å². The first-order valence-corrected chi connectivity index (χ1v) is 6.42. The van der Waals surface area contributed by atoms with Crippen LogP contribution in [0.3, 0.4) is 0 Å². The van der Waals surface area contributed by atoms with E-state index in [1.165, 1.54) is 25.0 Å². The number of rotatable bonds is 2. The van der Waals surface area contributed by atoms with E-state index in [4.69, 9.17) is 4.74 Å². The smallest absolute Gasteiger partial charge is 0.156 e. The molecule has 14 heavy (non-hydrogen) atoms. The third-order valence-corrected chi connectivity index (χ3v) is 3.63. The van der Waals surface area contributed by atoms with Crippen molar-refractivity contribution in [2.45, 2.75) is 19.3 Å². The molecule has 0 bridgehead atoms. The number of nitrogens with one attached hydrogen (secondary N) is 1. The van der Waals surface area contributed by atoms with Gasteiger partial charge >= 0.3 is 0 Å². The Morgan fingerprint density at radius 3 is 3.21 bits per heavy atom. The molecule has 4 heteroatoms. The molecule has 1 N–H and O–H groups in total. The summed E-state index contributed by atoms with van der Waals surface area (Å²) in [5.74, 6) is 1.90. The minimum atomic E-state index is 0.689. The van der Waals surface area contributed by atoms with E-state index >= 15 is 0 Å². The maximum absolute atomic E-state index is 5.44. The number of thioether (sulfide) groups is 1. The van der Waals surface area contributed by atoms with Crippen molar-refractivity contribution in [2.24, 2.45) is 10.9 Å². The van der Waals surface area contributed by atoms with E-state index in [2.05, 4.69) is 10.3 Å². The Hall–Kier alpha value is -0.220. The van der Waals surface area contributed by atoms with Crippen molar-refractivity contribution < 1.29 is 4.74 Å². The van der Waals surface area contributed by atoms with Crippen molar-refractivity contribution >= 4 is 16.9 Å².